The Bertz CT molecular complexity index is 431. The lowest BCUT2D eigenvalue weighted by Crippen LogP contribution is -1.91. The summed E-state index contributed by atoms with van der Waals surface area (Å²) < 4.78 is 0. The Balaban J connectivity index is 2.09. The van der Waals surface area contributed by atoms with Crippen molar-refractivity contribution in [1.82, 2.24) is 0 Å². The van der Waals surface area contributed by atoms with Gasteiger partial charge in [-0.2, -0.15) is 0 Å². The second-order valence-electron chi connectivity index (χ2n) is 7.68. The zero-order chi connectivity index (χ0) is 14.8. The molecule has 0 radical (unpaired) electrons. The summed E-state index contributed by atoms with van der Waals surface area (Å²) in [5, 5.41) is 0. The highest BCUT2D eigenvalue weighted by Crippen LogP contribution is 2.61. The van der Waals surface area contributed by atoms with Crippen molar-refractivity contribution in [2.45, 2.75) is 73.1 Å². The van der Waals surface area contributed by atoms with Gasteiger partial charge >= 0.3 is 0 Å². The highest BCUT2D eigenvalue weighted by atomic mass is 14.6. The number of rotatable bonds is 0. The normalized spacial score (nSPS) is 39.1. The first kappa shape index (κ1) is 15.6. The zero-order valence-corrected chi connectivity index (χ0v) is 14.1. The summed E-state index contributed by atoms with van der Waals surface area (Å²) in [6.07, 6.45) is 15.1. The largest absolute Gasteiger partial charge is 0.0853 e. The summed E-state index contributed by atoms with van der Waals surface area (Å²) >= 11 is 0. The lowest BCUT2D eigenvalue weighted by Gasteiger charge is -2.05. The minimum atomic E-state index is 0.535. The topological polar surface area (TPSA) is 0 Å². The molecule has 0 N–H and O–H groups in total. The molecule has 1 fully saturated rings. The van der Waals surface area contributed by atoms with Crippen molar-refractivity contribution in [3.05, 3.63) is 34.9 Å². The molecule has 112 valence electrons. The fraction of sp³-hybridized carbons (Fsp3) is 0.700. The highest BCUT2D eigenvalue weighted by Gasteiger charge is 2.55. The van der Waals surface area contributed by atoms with Gasteiger partial charge in [0.05, 0.1) is 0 Å². The van der Waals surface area contributed by atoms with Crippen LogP contribution in [0.4, 0.5) is 0 Å². The maximum absolute atomic E-state index is 2.58. The third-order valence-corrected chi connectivity index (χ3v) is 5.52. The summed E-state index contributed by atoms with van der Waals surface area (Å²) in [5.41, 5.74) is 5.28. The molecule has 0 bridgehead atoms. The Morgan fingerprint density at radius 2 is 1.40 bits per heavy atom. The van der Waals surface area contributed by atoms with E-state index in [4.69, 9.17) is 0 Å². The van der Waals surface area contributed by atoms with Crippen molar-refractivity contribution in [2.75, 3.05) is 0 Å². The number of fused-ring (bicyclic) bond motifs is 1. The van der Waals surface area contributed by atoms with Gasteiger partial charge in [0.25, 0.3) is 0 Å². The average molecular weight is 272 g/mol. The van der Waals surface area contributed by atoms with Crippen molar-refractivity contribution < 1.29 is 0 Å². The van der Waals surface area contributed by atoms with Crippen LogP contribution < -0.4 is 0 Å². The van der Waals surface area contributed by atoms with E-state index in [9.17, 15) is 0 Å². The van der Waals surface area contributed by atoms with Crippen LogP contribution in [0.2, 0.25) is 0 Å². The van der Waals surface area contributed by atoms with E-state index in [1.165, 1.54) is 38.5 Å². The molecule has 2 aliphatic carbocycles. The first-order valence-corrected chi connectivity index (χ1v) is 8.40. The predicted octanol–water partition coefficient (Wildman–Crippen LogP) is 6.45. The average Bonchev–Trinajstić information content (AvgIpc) is 2.86. The molecule has 0 spiro atoms. The fourth-order valence-electron chi connectivity index (χ4n) is 3.74. The molecule has 0 aromatic carbocycles. The van der Waals surface area contributed by atoms with E-state index in [1.54, 1.807) is 16.7 Å². The van der Waals surface area contributed by atoms with E-state index in [0.29, 0.717) is 5.41 Å². The molecule has 0 aromatic rings. The van der Waals surface area contributed by atoms with Gasteiger partial charge in [0.2, 0.25) is 0 Å². The first-order valence-electron chi connectivity index (χ1n) is 8.40. The Hall–Kier alpha value is -0.780. The molecule has 1 saturated carbocycles. The standard InChI is InChI=1S/C20H32/c1-15-8-6-10-16(2)12-13-18-19(20(18,4)5)14-17(3)11-7-9-15/h9-10,14,18-19H,6-8,11-13H2,1-5H3/b15-9+,16-10-,17-14+. The Kier molecular flexibility index (Phi) is 4.94. The van der Waals surface area contributed by atoms with Crippen LogP contribution in [0.5, 0.6) is 0 Å². The van der Waals surface area contributed by atoms with E-state index >= 15 is 0 Å². The smallest absolute Gasteiger partial charge is 0.0143 e. The van der Waals surface area contributed by atoms with Gasteiger partial charge < -0.3 is 0 Å². The van der Waals surface area contributed by atoms with Crippen LogP contribution in [-0.4, -0.2) is 0 Å². The molecule has 2 atom stereocenters. The molecule has 20 heavy (non-hydrogen) atoms. The van der Waals surface area contributed by atoms with Crippen molar-refractivity contribution in [1.29, 1.82) is 0 Å². The third kappa shape index (κ3) is 3.87. The number of allylic oxidation sites excluding steroid dienone is 6. The van der Waals surface area contributed by atoms with Crippen molar-refractivity contribution in [2.24, 2.45) is 17.3 Å². The summed E-state index contributed by atoms with van der Waals surface area (Å²) in [6.45, 7) is 11.8. The summed E-state index contributed by atoms with van der Waals surface area (Å²) in [4.78, 5) is 0. The fourth-order valence-corrected chi connectivity index (χ4v) is 3.74. The highest BCUT2D eigenvalue weighted by molar-refractivity contribution is 5.19. The summed E-state index contributed by atoms with van der Waals surface area (Å²) in [5.74, 6) is 1.73. The SMILES string of the molecule is C/C1=C/CC/C(C)=C/CC/C(C)=C/C2C(CC1)C2(C)C. The van der Waals surface area contributed by atoms with Crippen LogP contribution in [0.15, 0.2) is 34.9 Å². The van der Waals surface area contributed by atoms with Gasteiger partial charge in [-0.3, -0.25) is 0 Å². The van der Waals surface area contributed by atoms with Crippen LogP contribution in [0, 0.1) is 17.3 Å². The molecule has 0 aliphatic heterocycles. The van der Waals surface area contributed by atoms with Crippen LogP contribution in [0.25, 0.3) is 0 Å². The number of hydrogen-bond acceptors (Lipinski definition) is 0. The van der Waals surface area contributed by atoms with E-state index in [1.807, 2.05) is 0 Å². The van der Waals surface area contributed by atoms with Crippen LogP contribution in [-0.2, 0) is 0 Å². The second kappa shape index (κ2) is 6.33. The monoisotopic (exact) mass is 272 g/mol. The summed E-state index contributed by atoms with van der Waals surface area (Å²) in [7, 11) is 0. The van der Waals surface area contributed by atoms with Gasteiger partial charge in [-0.05, 0) is 76.5 Å². The van der Waals surface area contributed by atoms with Crippen molar-refractivity contribution in [3.63, 3.8) is 0 Å². The Morgan fingerprint density at radius 1 is 0.850 bits per heavy atom. The quantitative estimate of drug-likeness (QED) is 0.444. The molecule has 0 saturated heterocycles. The molecule has 0 amide bonds. The Labute approximate surface area is 126 Å². The molecule has 2 rings (SSSR count). The lowest BCUT2D eigenvalue weighted by molar-refractivity contribution is 0.528. The molecule has 2 unspecified atom stereocenters. The van der Waals surface area contributed by atoms with Crippen LogP contribution >= 0.6 is 0 Å². The zero-order valence-electron chi connectivity index (χ0n) is 14.1. The van der Waals surface area contributed by atoms with Crippen molar-refractivity contribution >= 4 is 0 Å². The minimum absolute atomic E-state index is 0.535. The molecular formula is C20H32. The molecule has 0 heterocycles. The molecule has 0 nitrogen and oxygen atoms in total. The third-order valence-electron chi connectivity index (χ3n) is 5.52. The van der Waals surface area contributed by atoms with Gasteiger partial charge in [-0.25, -0.2) is 0 Å². The summed E-state index contributed by atoms with van der Waals surface area (Å²) in [6, 6.07) is 0. The van der Waals surface area contributed by atoms with Crippen LogP contribution in [0.1, 0.15) is 73.1 Å². The maximum atomic E-state index is 2.58. The van der Waals surface area contributed by atoms with Gasteiger partial charge in [-0.1, -0.05) is 48.8 Å². The van der Waals surface area contributed by atoms with E-state index in [0.717, 1.165) is 11.8 Å². The Morgan fingerprint density at radius 3 is 2.05 bits per heavy atom. The minimum Gasteiger partial charge on any atom is -0.0853 e. The molecular weight excluding hydrogens is 240 g/mol. The lowest BCUT2D eigenvalue weighted by atomic mass is 10.0. The second-order valence-corrected chi connectivity index (χ2v) is 7.68. The van der Waals surface area contributed by atoms with E-state index < -0.39 is 0 Å². The number of hydrogen-bond donors (Lipinski definition) is 0. The van der Waals surface area contributed by atoms with Crippen LogP contribution in [0.3, 0.4) is 0 Å². The van der Waals surface area contributed by atoms with E-state index in [2.05, 4.69) is 52.8 Å². The molecule has 0 heteroatoms. The van der Waals surface area contributed by atoms with Gasteiger partial charge in [-0.15, -0.1) is 0 Å². The van der Waals surface area contributed by atoms with E-state index in [-0.39, 0.29) is 0 Å². The van der Waals surface area contributed by atoms with Gasteiger partial charge in [0.15, 0.2) is 0 Å². The van der Waals surface area contributed by atoms with Gasteiger partial charge in [0.1, 0.15) is 0 Å². The first-order chi connectivity index (χ1) is 9.41. The van der Waals surface area contributed by atoms with Gasteiger partial charge in [0, 0.05) is 0 Å². The predicted molar refractivity (Wildman–Crippen MR) is 89.7 cm³/mol. The molecule has 2 aliphatic rings. The van der Waals surface area contributed by atoms with Crippen molar-refractivity contribution in [3.8, 4) is 0 Å². The maximum Gasteiger partial charge on any atom is -0.0143 e. The molecule has 0 aromatic heterocycles.